The summed E-state index contributed by atoms with van der Waals surface area (Å²) in [4.78, 5) is 19.2. The maximum atomic E-state index is 12.3. The van der Waals surface area contributed by atoms with Crippen molar-refractivity contribution in [3.63, 3.8) is 0 Å². The van der Waals surface area contributed by atoms with Crippen LogP contribution >= 0.6 is 11.3 Å². The highest BCUT2D eigenvalue weighted by atomic mass is 32.1. The van der Waals surface area contributed by atoms with Crippen molar-refractivity contribution < 1.29 is 4.92 Å². The van der Waals surface area contributed by atoms with Crippen LogP contribution in [0.15, 0.2) is 54.6 Å². The number of nitro groups is 1. The van der Waals surface area contributed by atoms with Crippen LogP contribution in [0.1, 0.15) is 33.7 Å². The minimum Gasteiger partial charge on any atom is -0.258 e. The summed E-state index contributed by atoms with van der Waals surface area (Å²) in [6.07, 6.45) is 3.59. The minimum absolute atomic E-state index is 0.151. The van der Waals surface area contributed by atoms with E-state index in [1.807, 2.05) is 61.5 Å². The van der Waals surface area contributed by atoms with Crippen LogP contribution < -0.4 is 0 Å². The van der Waals surface area contributed by atoms with Crippen molar-refractivity contribution in [3.8, 4) is 11.1 Å². The Kier molecular flexibility index (Phi) is 4.40. The molecule has 0 aliphatic heterocycles. The molecule has 0 amide bonds. The normalized spacial score (nSPS) is 13.0. The number of pyridine rings is 1. The highest BCUT2D eigenvalue weighted by Crippen LogP contribution is 2.46. The molecule has 0 unspecified atom stereocenters. The van der Waals surface area contributed by atoms with Crippen LogP contribution in [0.4, 0.5) is 5.69 Å². The summed E-state index contributed by atoms with van der Waals surface area (Å²) in [5, 5.41) is 13.3. The Morgan fingerprint density at radius 3 is 2.55 bits per heavy atom. The average Bonchev–Trinajstić information content (AvgIpc) is 3.29. The summed E-state index contributed by atoms with van der Waals surface area (Å²) in [6, 6.07) is 17.9. The van der Waals surface area contributed by atoms with Crippen LogP contribution in [0.25, 0.3) is 21.3 Å². The zero-order chi connectivity index (χ0) is 20.0. The molecule has 2 aromatic carbocycles. The fraction of sp³-hybridized carbons (Fsp3) is 0.208. The van der Waals surface area contributed by atoms with Gasteiger partial charge in [0.05, 0.1) is 10.5 Å². The number of aryl methyl sites for hydroxylation is 3. The first-order valence-electron chi connectivity index (χ1n) is 9.84. The van der Waals surface area contributed by atoms with Crippen LogP contribution in [-0.2, 0) is 19.3 Å². The number of rotatable bonds is 4. The summed E-state index contributed by atoms with van der Waals surface area (Å²) in [5.74, 6) is 0. The second-order valence-electron chi connectivity index (χ2n) is 7.61. The van der Waals surface area contributed by atoms with Gasteiger partial charge in [0.2, 0.25) is 0 Å². The van der Waals surface area contributed by atoms with Crippen molar-refractivity contribution in [1.29, 1.82) is 0 Å². The third kappa shape index (κ3) is 3.12. The van der Waals surface area contributed by atoms with E-state index in [2.05, 4.69) is 0 Å². The van der Waals surface area contributed by atoms with Crippen LogP contribution in [0.2, 0.25) is 0 Å². The monoisotopic (exact) mass is 400 g/mol. The zero-order valence-corrected chi connectivity index (χ0v) is 17.0. The molecule has 2 heterocycles. The van der Waals surface area contributed by atoms with Gasteiger partial charge in [0.25, 0.3) is 5.69 Å². The average molecular weight is 401 g/mol. The van der Waals surface area contributed by atoms with Crippen molar-refractivity contribution in [2.75, 3.05) is 0 Å². The first-order chi connectivity index (χ1) is 14.1. The Hall–Kier alpha value is -3.05. The molecule has 0 fully saturated rings. The highest BCUT2D eigenvalue weighted by molar-refractivity contribution is 7.19. The van der Waals surface area contributed by atoms with Crippen molar-refractivity contribution >= 4 is 27.2 Å². The summed E-state index contributed by atoms with van der Waals surface area (Å²) < 4.78 is 0. The molecule has 1 aliphatic carbocycles. The van der Waals surface area contributed by atoms with Crippen LogP contribution in [0, 0.1) is 17.0 Å². The van der Waals surface area contributed by atoms with Gasteiger partial charge in [-0.15, -0.1) is 11.3 Å². The van der Waals surface area contributed by atoms with Gasteiger partial charge >= 0.3 is 0 Å². The van der Waals surface area contributed by atoms with E-state index in [9.17, 15) is 10.1 Å². The number of benzene rings is 2. The Bertz CT molecular complexity index is 1230. The lowest BCUT2D eigenvalue weighted by Gasteiger charge is -2.11. The quantitative estimate of drug-likeness (QED) is 0.300. The lowest BCUT2D eigenvalue weighted by molar-refractivity contribution is -0.385. The molecule has 29 heavy (non-hydrogen) atoms. The van der Waals surface area contributed by atoms with E-state index in [0.717, 1.165) is 51.7 Å². The Balaban J connectivity index is 1.83. The summed E-state index contributed by atoms with van der Waals surface area (Å²) >= 11 is 1.71. The van der Waals surface area contributed by atoms with E-state index in [-0.39, 0.29) is 10.6 Å². The third-order valence-electron chi connectivity index (χ3n) is 5.64. The summed E-state index contributed by atoms with van der Waals surface area (Å²) in [5.41, 5.74) is 5.77. The zero-order valence-electron chi connectivity index (χ0n) is 16.1. The molecule has 0 spiro atoms. The van der Waals surface area contributed by atoms with E-state index in [1.165, 1.54) is 10.4 Å². The standard InChI is InChI=1S/C24H20N2O2S/c1-15-10-12-17(13-11-15)21-22-18-8-5-9-20(18)29-24(22)25-19(23(21)26(27)28)14-16-6-3-2-4-7-16/h2-4,6-7,10-13H,5,8-9,14H2,1H3. The van der Waals surface area contributed by atoms with Gasteiger partial charge in [-0.25, -0.2) is 4.98 Å². The third-order valence-corrected chi connectivity index (χ3v) is 6.82. The molecular formula is C24H20N2O2S. The molecule has 5 rings (SSSR count). The number of aromatic nitrogens is 1. The van der Waals surface area contributed by atoms with Gasteiger partial charge in [-0.3, -0.25) is 10.1 Å². The summed E-state index contributed by atoms with van der Waals surface area (Å²) in [6.45, 7) is 2.03. The Labute approximate surface area is 173 Å². The van der Waals surface area contributed by atoms with Crippen molar-refractivity contribution in [2.45, 2.75) is 32.6 Å². The van der Waals surface area contributed by atoms with Crippen LogP contribution in [0.3, 0.4) is 0 Å². The van der Waals surface area contributed by atoms with E-state index < -0.39 is 0 Å². The number of fused-ring (bicyclic) bond motifs is 3. The van der Waals surface area contributed by atoms with E-state index in [1.54, 1.807) is 11.3 Å². The van der Waals surface area contributed by atoms with Crippen LogP contribution in [-0.4, -0.2) is 9.91 Å². The van der Waals surface area contributed by atoms with E-state index in [4.69, 9.17) is 4.98 Å². The number of nitrogens with zero attached hydrogens (tertiary/aromatic N) is 2. The minimum atomic E-state index is -0.237. The van der Waals surface area contributed by atoms with Crippen molar-refractivity contribution in [1.82, 2.24) is 4.98 Å². The smallest absolute Gasteiger partial charge is 0.258 e. The SMILES string of the molecule is Cc1ccc(-c2c([N+](=O)[O-])c(Cc3ccccc3)nc3sc4c(c23)CCC4)cc1. The highest BCUT2D eigenvalue weighted by Gasteiger charge is 2.30. The molecule has 0 saturated heterocycles. The molecule has 4 nitrogen and oxygen atoms in total. The first kappa shape index (κ1) is 18.0. The van der Waals surface area contributed by atoms with Gasteiger partial charge in [-0.05, 0) is 42.9 Å². The number of thiophene rings is 1. The van der Waals surface area contributed by atoms with E-state index in [0.29, 0.717) is 12.1 Å². The van der Waals surface area contributed by atoms with Gasteiger partial charge in [-0.1, -0.05) is 60.2 Å². The van der Waals surface area contributed by atoms with Gasteiger partial charge < -0.3 is 0 Å². The van der Waals surface area contributed by atoms with Gasteiger partial charge in [0.1, 0.15) is 10.5 Å². The number of hydrogen-bond donors (Lipinski definition) is 0. The van der Waals surface area contributed by atoms with Gasteiger partial charge in [0.15, 0.2) is 0 Å². The fourth-order valence-corrected chi connectivity index (χ4v) is 5.57. The molecule has 1 aliphatic rings. The molecular weight excluding hydrogens is 380 g/mol. The Morgan fingerprint density at radius 1 is 1.07 bits per heavy atom. The van der Waals surface area contributed by atoms with Crippen molar-refractivity contribution in [2.24, 2.45) is 0 Å². The Morgan fingerprint density at radius 2 is 1.83 bits per heavy atom. The van der Waals surface area contributed by atoms with Gasteiger partial charge in [-0.2, -0.15) is 0 Å². The maximum Gasteiger partial charge on any atom is 0.299 e. The molecule has 0 saturated carbocycles. The lowest BCUT2D eigenvalue weighted by atomic mass is 9.95. The largest absolute Gasteiger partial charge is 0.299 e. The van der Waals surface area contributed by atoms with E-state index >= 15 is 0 Å². The second-order valence-corrected chi connectivity index (χ2v) is 8.69. The molecule has 0 bridgehead atoms. The fourth-order valence-electron chi connectivity index (χ4n) is 4.28. The summed E-state index contributed by atoms with van der Waals surface area (Å²) in [7, 11) is 0. The second kappa shape index (κ2) is 7.08. The predicted molar refractivity (Wildman–Crippen MR) is 118 cm³/mol. The van der Waals surface area contributed by atoms with Crippen molar-refractivity contribution in [3.05, 3.63) is 92.0 Å². The molecule has 0 radical (unpaired) electrons. The van der Waals surface area contributed by atoms with Gasteiger partial charge in [0, 0.05) is 16.7 Å². The molecule has 4 aromatic rings. The predicted octanol–water partition coefficient (Wildman–Crippen LogP) is 6.26. The lowest BCUT2D eigenvalue weighted by Crippen LogP contribution is -2.03. The maximum absolute atomic E-state index is 12.3. The topological polar surface area (TPSA) is 56.0 Å². The molecule has 0 atom stereocenters. The molecule has 2 aromatic heterocycles. The molecule has 144 valence electrons. The molecule has 0 N–H and O–H groups in total. The number of hydrogen-bond acceptors (Lipinski definition) is 4. The first-order valence-corrected chi connectivity index (χ1v) is 10.7. The van der Waals surface area contributed by atoms with Crippen LogP contribution in [0.5, 0.6) is 0 Å². The molecule has 5 heteroatoms.